The molecule has 0 unspecified atom stereocenters. The van der Waals surface area contributed by atoms with Crippen molar-refractivity contribution in [2.45, 2.75) is 5.88 Å². The summed E-state index contributed by atoms with van der Waals surface area (Å²) >= 11 is 11.1. The summed E-state index contributed by atoms with van der Waals surface area (Å²) in [7, 11) is 0. The van der Waals surface area contributed by atoms with Gasteiger partial charge in [-0.1, -0.05) is 15.9 Å². The van der Waals surface area contributed by atoms with Crippen molar-refractivity contribution in [3.8, 4) is 5.69 Å². The van der Waals surface area contributed by atoms with Crippen LogP contribution in [0.15, 0.2) is 39.5 Å². The van der Waals surface area contributed by atoms with Crippen LogP contribution >= 0.6 is 38.9 Å². The molecule has 0 atom stereocenters. The van der Waals surface area contributed by atoms with E-state index in [0.29, 0.717) is 5.88 Å². The van der Waals surface area contributed by atoms with Gasteiger partial charge in [-0.15, -0.1) is 11.6 Å². The van der Waals surface area contributed by atoms with Gasteiger partial charge in [0.1, 0.15) is 5.82 Å². The molecule has 0 saturated heterocycles. The first-order chi connectivity index (χ1) is 8.29. The average Bonchev–Trinajstić information content (AvgIpc) is 2.93. The Morgan fingerprint density at radius 3 is 2.94 bits per heavy atom. The first-order valence-electron chi connectivity index (χ1n) is 5.05. The third kappa shape index (κ3) is 1.90. The van der Waals surface area contributed by atoms with Crippen molar-refractivity contribution < 1.29 is 0 Å². The summed E-state index contributed by atoms with van der Waals surface area (Å²) in [6.45, 7) is 0. The highest BCUT2D eigenvalue weighted by atomic mass is 79.9. The molecule has 0 amide bonds. The standard InChI is InChI=1S/C12H8BrClN2S/c13-8-1-2-10-11(5-8)16(12(6-14)15-10)9-3-4-17-7-9/h1-5,7H,6H2. The third-order valence-electron chi connectivity index (χ3n) is 2.57. The lowest BCUT2D eigenvalue weighted by Crippen LogP contribution is -1.97. The van der Waals surface area contributed by atoms with E-state index in [-0.39, 0.29) is 0 Å². The predicted octanol–water partition coefficient (Wildman–Crippen LogP) is 4.59. The van der Waals surface area contributed by atoms with Crippen LogP contribution in [0.25, 0.3) is 16.7 Å². The van der Waals surface area contributed by atoms with Gasteiger partial charge in [-0.05, 0) is 29.6 Å². The zero-order chi connectivity index (χ0) is 11.8. The van der Waals surface area contributed by atoms with Gasteiger partial charge in [0.05, 0.1) is 22.6 Å². The molecule has 0 radical (unpaired) electrons. The van der Waals surface area contributed by atoms with Crippen LogP contribution in [0.2, 0.25) is 0 Å². The Balaban J connectivity index is 2.37. The monoisotopic (exact) mass is 326 g/mol. The molecule has 0 fully saturated rings. The van der Waals surface area contributed by atoms with Gasteiger partial charge in [0.2, 0.25) is 0 Å². The lowest BCUT2D eigenvalue weighted by molar-refractivity contribution is 0.986. The Morgan fingerprint density at radius 2 is 2.24 bits per heavy atom. The van der Waals surface area contributed by atoms with Crippen LogP contribution in [0.1, 0.15) is 5.82 Å². The third-order valence-corrected chi connectivity index (χ3v) is 3.97. The van der Waals surface area contributed by atoms with Crippen molar-refractivity contribution in [3.63, 3.8) is 0 Å². The number of aromatic nitrogens is 2. The lowest BCUT2D eigenvalue weighted by atomic mass is 10.3. The number of imidazole rings is 1. The number of fused-ring (bicyclic) bond motifs is 1. The molecule has 3 rings (SSSR count). The van der Waals surface area contributed by atoms with Gasteiger partial charge < -0.3 is 0 Å². The largest absolute Gasteiger partial charge is 0.294 e. The van der Waals surface area contributed by atoms with E-state index in [0.717, 1.165) is 27.0 Å². The van der Waals surface area contributed by atoms with Crippen LogP contribution in [0.5, 0.6) is 0 Å². The Hall–Kier alpha value is -0.840. The Kier molecular flexibility index (Phi) is 2.94. The number of rotatable bonds is 2. The quantitative estimate of drug-likeness (QED) is 0.630. The van der Waals surface area contributed by atoms with Gasteiger partial charge in [-0.3, -0.25) is 4.57 Å². The molecule has 2 nitrogen and oxygen atoms in total. The molecule has 2 aromatic heterocycles. The summed E-state index contributed by atoms with van der Waals surface area (Å²) in [4.78, 5) is 4.54. The summed E-state index contributed by atoms with van der Waals surface area (Å²) in [5, 5.41) is 4.15. The van der Waals surface area contributed by atoms with Crippen LogP contribution in [0.3, 0.4) is 0 Å². The van der Waals surface area contributed by atoms with E-state index >= 15 is 0 Å². The second-order valence-electron chi connectivity index (χ2n) is 3.61. The molecule has 0 aliphatic heterocycles. The van der Waals surface area contributed by atoms with Crippen molar-refractivity contribution in [2.24, 2.45) is 0 Å². The molecule has 0 aliphatic carbocycles. The fourth-order valence-corrected chi connectivity index (χ4v) is 3.01. The highest BCUT2D eigenvalue weighted by molar-refractivity contribution is 9.10. The zero-order valence-corrected chi connectivity index (χ0v) is 11.9. The number of halogens is 2. The molecule has 17 heavy (non-hydrogen) atoms. The van der Waals surface area contributed by atoms with Crippen molar-refractivity contribution in [2.75, 3.05) is 0 Å². The molecule has 0 saturated carbocycles. The van der Waals surface area contributed by atoms with Crippen molar-refractivity contribution in [1.29, 1.82) is 0 Å². The molecule has 0 N–H and O–H groups in total. The summed E-state index contributed by atoms with van der Waals surface area (Å²) in [6.07, 6.45) is 0. The normalized spacial score (nSPS) is 11.2. The van der Waals surface area contributed by atoms with Crippen LogP contribution in [-0.2, 0) is 5.88 Å². The number of hydrogen-bond acceptors (Lipinski definition) is 2. The van der Waals surface area contributed by atoms with Crippen LogP contribution in [-0.4, -0.2) is 9.55 Å². The van der Waals surface area contributed by atoms with E-state index in [9.17, 15) is 0 Å². The molecule has 2 heterocycles. The average molecular weight is 328 g/mol. The van der Waals surface area contributed by atoms with Crippen molar-refractivity contribution in [3.05, 3.63) is 45.3 Å². The maximum atomic E-state index is 5.97. The van der Waals surface area contributed by atoms with Crippen molar-refractivity contribution >= 4 is 49.9 Å². The minimum absolute atomic E-state index is 0.405. The van der Waals surface area contributed by atoms with E-state index in [2.05, 4.69) is 48.4 Å². The fraction of sp³-hybridized carbons (Fsp3) is 0.0833. The minimum atomic E-state index is 0.405. The van der Waals surface area contributed by atoms with E-state index in [1.165, 1.54) is 0 Å². The minimum Gasteiger partial charge on any atom is -0.294 e. The lowest BCUT2D eigenvalue weighted by Gasteiger charge is -2.04. The van der Waals surface area contributed by atoms with Gasteiger partial charge in [-0.2, -0.15) is 11.3 Å². The van der Waals surface area contributed by atoms with E-state index < -0.39 is 0 Å². The second-order valence-corrected chi connectivity index (χ2v) is 5.57. The fourth-order valence-electron chi connectivity index (χ4n) is 1.86. The summed E-state index contributed by atoms with van der Waals surface area (Å²) in [6, 6.07) is 8.13. The maximum absolute atomic E-state index is 5.97. The molecule has 3 aromatic rings. The molecule has 86 valence electrons. The Bertz CT molecular complexity index is 661. The molecule has 0 spiro atoms. The predicted molar refractivity (Wildman–Crippen MR) is 76.2 cm³/mol. The zero-order valence-electron chi connectivity index (χ0n) is 8.73. The first-order valence-corrected chi connectivity index (χ1v) is 7.32. The van der Waals surface area contributed by atoms with Crippen LogP contribution in [0.4, 0.5) is 0 Å². The van der Waals surface area contributed by atoms with E-state index in [1.54, 1.807) is 11.3 Å². The van der Waals surface area contributed by atoms with Gasteiger partial charge in [0, 0.05) is 9.85 Å². The van der Waals surface area contributed by atoms with Gasteiger partial charge in [0.15, 0.2) is 0 Å². The molecule has 5 heteroatoms. The number of alkyl halides is 1. The van der Waals surface area contributed by atoms with Crippen LogP contribution < -0.4 is 0 Å². The Labute approximate surface area is 116 Å². The van der Waals surface area contributed by atoms with E-state index in [4.69, 9.17) is 11.6 Å². The highest BCUT2D eigenvalue weighted by Crippen LogP contribution is 2.26. The number of thiophene rings is 1. The smallest absolute Gasteiger partial charge is 0.129 e. The number of hydrogen-bond donors (Lipinski definition) is 0. The SMILES string of the molecule is ClCc1nc2ccc(Br)cc2n1-c1ccsc1. The summed E-state index contributed by atoms with van der Waals surface area (Å²) in [5.41, 5.74) is 3.16. The van der Waals surface area contributed by atoms with Gasteiger partial charge in [0.25, 0.3) is 0 Å². The Morgan fingerprint density at radius 1 is 1.35 bits per heavy atom. The summed E-state index contributed by atoms with van der Waals surface area (Å²) < 4.78 is 3.14. The number of benzene rings is 1. The van der Waals surface area contributed by atoms with Crippen molar-refractivity contribution in [1.82, 2.24) is 9.55 Å². The molecular formula is C12H8BrClN2S. The molecule has 0 aliphatic rings. The maximum Gasteiger partial charge on any atom is 0.129 e. The van der Waals surface area contributed by atoms with E-state index in [1.807, 2.05) is 12.1 Å². The molecule has 0 bridgehead atoms. The first kappa shape index (κ1) is 11.3. The topological polar surface area (TPSA) is 17.8 Å². The van der Waals surface area contributed by atoms with Crippen LogP contribution in [0, 0.1) is 0 Å². The highest BCUT2D eigenvalue weighted by Gasteiger charge is 2.11. The van der Waals surface area contributed by atoms with Gasteiger partial charge in [-0.25, -0.2) is 4.98 Å². The summed E-state index contributed by atoms with van der Waals surface area (Å²) in [5.74, 6) is 1.28. The second kappa shape index (κ2) is 4.44. The van der Waals surface area contributed by atoms with Gasteiger partial charge >= 0.3 is 0 Å². The molecular weight excluding hydrogens is 320 g/mol. The number of nitrogens with zero attached hydrogens (tertiary/aromatic N) is 2. The molecule has 1 aromatic carbocycles.